The molecule has 5 heteroatoms. The number of carbonyl (C=O) groups excluding carboxylic acids is 1. The Labute approximate surface area is 80.1 Å². The molecule has 1 N–H and O–H groups in total. The van der Waals surface area contributed by atoms with Crippen LogP contribution in [0, 0.1) is 6.92 Å². The Hall–Kier alpha value is -1.29. The zero-order valence-corrected chi connectivity index (χ0v) is 7.92. The van der Waals surface area contributed by atoms with Crippen LogP contribution in [0.2, 0.25) is 5.02 Å². The van der Waals surface area contributed by atoms with E-state index in [4.69, 9.17) is 11.6 Å². The largest absolute Gasteiger partial charge is 0.506 e. The fourth-order valence-electron chi connectivity index (χ4n) is 0.811. The third-order valence-electron chi connectivity index (χ3n) is 1.52. The van der Waals surface area contributed by atoms with Gasteiger partial charge in [-0.1, -0.05) is 11.6 Å². The molecule has 1 rings (SSSR count). The summed E-state index contributed by atoms with van der Waals surface area (Å²) in [6, 6.07) is 1.26. The molecular weight excluding hydrogens is 194 g/mol. The van der Waals surface area contributed by atoms with Crippen molar-refractivity contribution in [2.75, 3.05) is 7.11 Å². The number of esters is 1. The van der Waals surface area contributed by atoms with Gasteiger partial charge in [-0.2, -0.15) is 0 Å². The molecule has 0 atom stereocenters. The second-order valence-corrected chi connectivity index (χ2v) is 2.82. The van der Waals surface area contributed by atoms with Crippen LogP contribution in [0.3, 0.4) is 0 Å². The summed E-state index contributed by atoms with van der Waals surface area (Å²) in [5.74, 6) is -0.661. The van der Waals surface area contributed by atoms with Gasteiger partial charge in [0.1, 0.15) is 5.75 Å². The molecule has 70 valence electrons. The Morgan fingerprint density at radius 3 is 2.85 bits per heavy atom. The van der Waals surface area contributed by atoms with E-state index in [1.165, 1.54) is 13.2 Å². The van der Waals surface area contributed by atoms with Crippen molar-refractivity contribution < 1.29 is 14.6 Å². The third-order valence-corrected chi connectivity index (χ3v) is 1.81. The number of aryl methyl sites for hydroxylation is 1. The summed E-state index contributed by atoms with van der Waals surface area (Å²) < 4.78 is 4.44. The molecule has 1 aromatic heterocycles. The van der Waals surface area contributed by atoms with Crippen molar-refractivity contribution in [1.82, 2.24) is 4.98 Å². The van der Waals surface area contributed by atoms with Gasteiger partial charge in [0.05, 0.1) is 17.8 Å². The predicted octanol–water partition coefficient (Wildman–Crippen LogP) is 1.54. The van der Waals surface area contributed by atoms with E-state index >= 15 is 0 Å². The van der Waals surface area contributed by atoms with Gasteiger partial charge in [0.15, 0.2) is 5.69 Å². The summed E-state index contributed by atoms with van der Waals surface area (Å²) in [4.78, 5) is 14.8. The minimum Gasteiger partial charge on any atom is -0.506 e. The Morgan fingerprint density at radius 2 is 2.31 bits per heavy atom. The number of methoxy groups -OCH3 is 1. The van der Waals surface area contributed by atoms with E-state index in [9.17, 15) is 9.90 Å². The maximum absolute atomic E-state index is 11.0. The number of ether oxygens (including phenoxy) is 1. The first-order chi connectivity index (χ1) is 6.06. The lowest BCUT2D eigenvalue weighted by Gasteiger charge is -2.03. The summed E-state index contributed by atoms with van der Waals surface area (Å²) in [5.41, 5.74) is 0.351. The van der Waals surface area contributed by atoms with E-state index in [-0.39, 0.29) is 16.5 Å². The molecule has 0 aliphatic heterocycles. The molecule has 0 bridgehead atoms. The van der Waals surface area contributed by atoms with E-state index < -0.39 is 5.97 Å². The highest BCUT2D eigenvalue weighted by Crippen LogP contribution is 2.22. The molecular formula is C8H8ClNO3. The maximum Gasteiger partial charge on any atom is 0.358 e. The molecule has 1 heterocycles. The molecule has 13 heavy (non-hydrogen) atoms. The minimum atomic E-state index is -0.617. The SMILES string of the molecule is COC(=O)c1nc(C)c(O)cc1Cl. The van der Waals surface area contributed by atoms with Crippen LogP contribution in [0.25, 0.3) is 0 Å². The summed E-state index contributed by atoms with van der Waals surface area (Å²) in [6.07, 6.45) is 0. The summed E-state index contributed by atoms with van der Waals surface area (Å²) in [5, 5.41) is 9.26. The number of hydrogen-bond donors (Lipinski definition) is 1. The maximum atomic E-state index is 11.0. The quantitative estimate of drug-likeness (QED) is 0.701. The normalized spacial score (nSPS) is 9.77. The van der Waals surface area contributed by atoms with Gasteiger partial charge in [-0.05, 0) is 6.92 Å². The first kappa shape index (κ1) is 9.80. The van der Waals surface area contributed by atoms with Crippen molar-refractivity contribution in [2.45, 2.75) is 6.92 Å². The minimum absolute atomic E-state index is 0.0134. The van der Waals surface area contributed by atoms with Crippen LogP contribution in [0.15, 0.2) is 6.07 Å². The molecule has 0 saturated carbocycles. The monoisotopic (exact) mass is 201 g/mol. The average Bonchev–Trinajstić information content (AvgIpc) is 2.10. The lowest BCUT2D eigenvalue weighted by atomic mass is 10.3. The first-order valence-electron chi connectivity index (χ1n) is 3.50. The number of hydrogen-bond acceptors (Lipinski definition) is 4. The summed E-state index contributed by atoms with van der Waals surface area (Å²) in [7, 11) is 1.24. The molecule has 0 spiro atoms. The standard InChI is InChI=1S/C8H8ClNO3/c1-4-6(11)3-5(9)7(10-4)8(12)13-2/h3,11H,1-2H3. The van der Waals surface area contributed by atoms with Crippen LogP contribution >= 0.6 is 11.6 Å². The molecule has 0 aromatic carbocycles. The first-order valence-corrected chi connectivity index (χ1v) is 3.88. The molecule has 0 fully saturated rings. The van der Waals surface area contributed by atoms with Gasteiger partial charge in [0.25, 0.3) is 0 Å². The van der Waals surface area contributed by atoms with Crippen LogP contribution in [-0.2, 0) is 4.74 Å². The van der Waals surface area contributed by atoms with Gasteiger partial charge in [-0.25, -0.2) is 9.78 Å². The van der Waals surface area contributed by atoms with Gasteiger partial charge in [-0.3, -0.25) is 0 Å². The van der Waals surface area contributed by atoms with E-state index in [2.05, 4.69) is 9.72 Å². The van der Waals surface area contributed by atoms with Gasteiger partial charge in [0.2, 0.25) is 0 Å². The van der Waals surface area contributed by atoms with E-state index in [0.717, 1.165) is 0 Å². The fraction of sp³-hybridized carbons (Fsp3) is 0.250. The van der Waals surface area contributed by atoms with Gasteiger partial charge < -0.3 is 9.84 Å². The van der Waals surface area contributed by atoms with Gasteiger partial charge in [-0.15, -0.1) is 0 Å². The second-order valence-electron chi connectivity index (χ2n) is 2.41. The zero-order chi connectivity index (χ0) is 10.0. The predicted molar refractivity (Wildman–Crippen MR) is 47.0 cm³/mol. The molecule has 4 nitrogen and oxygen atoms in total. The summed E-state index contributed by atoms with van der Waals surface area (Å²) >= 11 is 5.65. The second kappa shape index (κ2) is 3.62. The Bertz CT molecular complexity index is 351. The molecule has 1 aromatic rings. The number of nitrogens with zero attached hydrogens (tertiary/aromatic N) is 1. The van der Waals surface area contributed by atoms with Crippen molar-refractivity contribution in [3.05, 3.63) is 22.5 Å². The molecule has 0 radical (unpaired) electrons. The topological polar surface area (TPSA) is 59.4 Å². The Morgan fingerprint density at radius 1 is 1.69 bits per heavy atom. The van der Waals surface area contributed by atoms with Crippen LogP contribution in [0.1, 0.15) is 16.2 Å². The number of pyridine rings is 1. The van der Waals surface area contributed by atoms with Crippen molar-refractivity contribution in [1.29, 1.82) is 0 Å². The highest BCUT2D eigenvalue weighted by atomic mass is 35.5. The Balaban J connectivity index is 3.23. The highest BCUT2D eigenvalue weighted by molar-refractivity contribution is 6.33. The Kier molecular flexibility index (Phi) is 2.72. The highest BCUT2D eigenvalue weighted by Gasteiger charge is 2.14. The molecule has 0 amide bonds. The lowest BCUT2D eigenvalue weighted by Crippen LogP contribution is -2.06. The fourth-order valence-corrected chi connectivity index (χ4v) is 1.03. The van der Waals surface area contributed by atoms with Crippen LogP contribution in [-0.4, -0.2) is 23.2 Å². The van der Waals surface area contributed by atoms with E-state index in [0.29, 0.717) is 5.69 Å². The van der Waals surface area contributed by atoms with E-state index in [1.807, 2.05) is 0 Å². The third kappa shape index (κ3) is 1.89. The van der Waals surface area contributed by atoms with Crippen molar-refractivity contribution in [3.8, 4) is 5.75 Å². The number of aromatic nitrogens is 1. The lowest BCUT2D eigenvalue weighted by molar-refractivity contribution is 0.0594. The van der Waals surface area contributed by atoms with E-state index in [1.54, 1.807) is 6.92 Å². The number of carbonyl (C=O) groups is 1. The average molecular weight is 202 g/mol. The van der Waals surface area contributed by atoms with Crippen molar-refractivity contribution >= 4 is 17.6 Å². The smallest absolute Gasteiger partial charge is 0.358 e. The summed E-state index contributed by atoms with van der Waals surface area (Å²) in [6.45, 7) is 1.57. The van der Waals surface area contributed by atoms with Gasteiger partial charge >= 0.3 is 5.97 Å². The number of rotatable bonds is 1. The van der Waals surface area contributed by atoms with Crippen LogP contribution in [0.4, 0.5) is 0 Å². The van der Waals surface area contributed by atoms with Crippen molar-refractivity contribution in [2.24, 2.45) is 0 Å². The molecule has 0 saturated heterocycles. The van der Waals surface area contributed by atoms with Crippen molar-refractivity contribution in [3.63, 3.8) is 0 Å². The van der Waals surface area contributed by atoms with Crippen LogP contribution in [0.5, 0.6) is 5.75 Å². The molecule has 0 unspecified atom stereocenters. The molecule has 0 aliphatic carbocycles. The van der Waals surface area contributed by atoms with Crippen LogP contribution < -0.4 is 0 Å². The number of halogens is 1. The zero-order valence-electron chi connectivity index (χ0n) is 7.17. The molecule has 0 aliphatic rings. The van der Waals surface area contributed by atoms with Gasteiger partial charge in [0, 0.05) is 6.07 Å². The number of aromatic hydroxyl groups is 1.